The molecule has 6 rings (SSSR count). The average Bonchev–Trinajstić information content (AvgIpc) is 3.82. The number of nitrogens with two attached hydrogens (primary N) is 1. The molecule has 5 atom stereocenters. The maximum absolute atomic E-state index is 14.6. The van der Waals surface area contributed by atoms with Crippen molar-refractivity contribution < 1.29 is 39.0 Å². The molecule has 4 bridgehead atoms. The van der Waals surface area contributed by atoms with Crippen molar-refractivity contribution in [3.63, 3.8) is 0 Å². The van der Waals surface area contributed by atoms with Gasteiger partial charge in [-0.15, -0.1) is 0 Å². The van der Waals surface area contributed by atoms with Gasteiger partial charge < -0.3 is 47.1 Å². The Balaban J connectivity index is 1.29. The van der Waals surface area contributed by atoms with Gasteiger partial charge in [-0.1, -0.05) is 48.0 Å². The molecule has 5 amide bonds. The van der Waals surface area contributed by atoms with Crippen molar-refractivity contribution in [2.24, 2.45) is 5.73 Å². The first kappa shape index (κ1) is 47.2. The van der Waals surface area contributed by atoms with Gasteiger partial charge in [0.15, 0.2) is 5.78 Å². The van der Waals surface area contributed by atoms with Crippen LogP contribution in [0.25, 0.3) is 28.3 Å². The summed E-state index contributed by atoms with van der Waals surface area (Å²) < 4.78 is 0. The number of ketones is 1. The molecule has 1 aliphatic heterocycles. The molecule has 2 heterocycles. The van der Waals surface area contributed by atoms with E-state index in [4.69, 9.17) is 17.3 Å². The van der Waals surface area contributed by atoms with Gasteiger partial charge in [0, 0.05) is 35.2 Å². The topological polar surface area (TPSA) is 249 Å². The van der Waals surface area contributed by atoms with Crippen LogP contribution >= 0.6 is 11.6 Å². The van der Waals surface area contributed by atoms with Crippen LogP contribution in [0.3, 0.4) is 0 Å². The van der Waals surface area contributed by atoms with Gasteiger partial charge in [0.2, 0.25) is 23.6 Å². The smallest absolute Gasteiger partial charge is 0.251 e. The van der Waals surface area contributed by atoms with Crippen molar-refractivity contribution in [3.05, 3.63) is 131 Å². The van der Waals surface area contributed by atoms with E-state index < -0.39 is 65.5 Å². The number of likely N-dealkylation sites (N-methyl/N-ethyl adjacent to an activating group) is 1. The van der Waals surface area contributed by atoms with Gasteiger partial charge in [-0.2, -0.15) is 0 Å². The minimum Gasteiger partial charge on any atom is -0.507 e. The highest BCUT2D eigenvalue weighted by molar-refractivity contribution is 6.30. The number of imidazole rings is 1. The number of nitrogens with one attached hydrogen (secondary N) is 5. The summed E-state index contributed by atoms with van der Waals surface area (Å²) in [6.07, 6.45) is 6.85. The number of H-pyrrole nitrogens is 1. The number of aromatic hydroxyl groups is 2. The molecule has 16 nitrogen and oxygen atoms in total. The molecule has 0 aliphatic carbocycles. The van der Waals surface area contributed by atoms with E-state index in [0.29, 0.717) is 35.7 Å². The summed E-state index contributed by atoms with van der Waals surface area (Å²) in [4.78, 5) is 91.2. The third-order valence-electron chi connectivity index (χ3n) is 11.1. The number of aromatic nitrogens is 2. The van der Waals surface area contributed by atoms with E-state index in [1.165, 1.54) is 75.9 Å². The maximum Gasteiger partial charge on any atom is 0.251 e. The van der Waals surface area contributed by atoms with Gasteiger partial charge in [-0.05, 0) is 123 Å². The number of nitrogens with zero attached hydrogens (tertiary/aromatic N) is 2. The molecule has 0 spiro atoms. The van der Waals surface area contributed by atoms with E-state index in [9.17, 15) is 39.0 Å². The van der Waals surface area contributed by atoms with Crippen molar-refractivity contribution in [1.29, 1.82) is 0 Å². The standard InChI is InChI=1S/C48H51ClN8O8/c1-27(40(58)20-17-35-25-51-26-52-35)53-46(63)39-23-29-7-18-41(59)36(22-29)37-24-33(14-19-42(37)60)43(47(64)54-28(2)44(61)56-39)57(3)48(65)38(6-4-5-21-50)55-45(62)32-10-8-30(9-11-32)31-12-15-34(49)16-13-31/h7-20,22,24-28,38-39,43,59-60H,4-6,21,23,50H2,1-3H3,(H,51,52)(H,53,63)(H,54,64)(H,55,62)(H,56,61)/b20-17+/t27-,28-,38-,39-,43-/m0/s1. The van der Waals surface area contributed by atoms with Crippen LogP contribution in [0.1, 0.15) is 66.3 Å². The van der Waals surface area contributed by atoms with Crippen LogP contribution in [0.5, 0.6) is 11.5 Å². The van der Waals surface area contributed by atoms with Gasteiger partial charge in [-0.3, -0.25) is 28.8 Å². The number of fused-ring (bicyclic) bond motifs is 5. The second kappa shape index (κ2) is 21.4. The third-order valence-corrected chi connectivity index (χ3v) is 11.4. The predicted molar refractivity (Wildman–Crippen MR) is 245 cm³/mol. The van der Waals surface area contributed by atoms with Gasteiger partial charge in [0.1, 0.15) is 35.7 Å². The van der Waals surface area contributed by atoms with Crippen LogP contribution in [0, 0.1) is 0 Å². The van der Waals surface area contributed by atoms with E-state index in [1.807, 2.05) is 12.1 Å². The van der Waals surface area contributed by atoms with Gasteiger partial charge in [0.25, 0.3) is 5.91 Å². The van der Waals surface area contributed by atoms with Gasteiger partial charge in [0.05, 0.1) is 24.3 Å². The number of unbranched alkanes of at least 4 members (excludes halogenated alkanes) is 1. The second-order valence-corrected chi connectivity index (χ2v) is 16.3. The van der Waals surface area contributed by atoms with Gasteiger partial charge >= 0.3 is 0 Å². The maximum atomic E-state index is 14.6. The van der Waals surface area contributed by atoms with Crippen LogP contribution in [-0.4, -0.2) is 98.2 Å². The van der Waals surface area contributed by atoms with Crippen LogP contribution in [0.2, 0.25) is 5.02 Å². The lowest BCUT2D eigenvalue weighted by Crippen LogP contribution is -2.56. The molecule has 65 heavy (non-hydrogen) atoms. The van der Waals surface area contributed by atoms with Crippen molar-refractivity contribution in [2.45, 2.75) is 69.7 Å². The number of rotatable bonds is 14. The normalized spacial score (nSPS) is 17.2. The van der Waals surface area contributed by atoms with E-state index in [2.05, 4.69) is 31.2 Å². The highest BCUT2D eigenvalue weighted by atomic mass is 35.5. The molecular weight excluding hydrogens is 852 g/mol. The van der Waals surface area contributed by atoms with E-state index in [1.54, 1.807) is 42.5 Å². The second-order valence-electron chi connectivity index (χ2n) is 15.8. The number of benzene rings is 4. The molecule has 0 saturated carbocycles. The average molecular weight is 903 g/mol. The van der Waals surface area contributed by atoms with Crippen molar-refractivity contribution in [3.8, 4) is 33.8 Å². The largest absolute Gasteiger partial charge is 0.507 e. The number of aromatic amines is 1. The first-order valence-electron chi connectivity index (χ1n) is 21.0. The Labute approximate surface area is 380 Å². The van der Waals surface area contributed by atoms with Crippen molar-refractivity contribution >= 4 is 53.0 Å². The number of phenols is 2. The fourth-order valence-electron chi connectivity index (χ4n) is 7.40. The first-order chi connectivity index (χ1) is 31.1. The van der Waals surface area contributed by atoms with E-state index in [-0.39, 0.29) is 46.6 Å². The summed E-state index contributed by atoms with van der Waals surface area (Å²) in [6.45, 7) is 3.25. The zero-order valence-electron chi connectivity index (χ0n) is 36.0. The molecule has 0 unspecified atom stereocenters. The molecule has 17 heteroatoms. The molecule has 4 aromatic carbocycles. The number of carbonyl (C=O) groups excluding carboxylic acids is 6. The van der Waals surface area contributed by atoms with Crippen LogP contribution < -0.4 is 27.0 Å². The lowest BCUT2D eigenvalue weighted by molar-refractivity contribution is -0.141. The Morgan fingerprint density at radius 1 is 0.892 bits per heavy atom. The summed E-state index contributed by atoms with van der Waals surface area (Å²) in [5.41, 5.74) is 9.31. The lowest BCUT2D eigenvalue weighted by Gasteiger charge is -2.32. The molecule has 1 aromatic heterocycles. The zero-order valence-corrected chi connectivity index (χ0v) is 36.8. The number of amides is 5. The van der Waals surface area contributed by atoms with Crippen LogP contribution in [-0.2, 0) is 30.4 Å². The van der Waals surface area contributed by atoms with Crippen LogP contribution in [0.4, 0.5) is 0 Å². The number of phenolic OH excluding ortho intramolecular Hbond substituents is 2. The monoisotopic (exact) mass is 902 g/mol. The minimum absolute atomic E-state index is 0.105. The fraction of sp³-hybridized carbons (Fsp3) is 0.271. The number of hydrogen-bond donors (Lipinski definition) is 8. The van der Waals surface area contributed by atoms with Crippen molar-refractivity contribution in [2.75, 3.05) is 13.6 Å². The van der Waals surface area contributed by atoms with E-state index in [0.717, 1.165) is 16.0 Å². The number of halogens is 1. The Hall–Kier alpha value is -7.30. The number of hydrogen-bond acceptors (Lipinski definition) is 10. The highest BCUT2D eigenvalue weighted by Crippen LogP contribution is 2.39. The van der Waals surface area contributed by atoms with Gasteiger partial charge in [-0.25, -0.2) is 4.98 Å². The summed E-state index contributed by atoms with van der Waals surface area (Å²) in [6, 6.07) is 16.7. The summed E-state index contributed by atoms with van der Waals surface area (Å²) in [5.74, 6) is -4.36. The zero-order chi connectivity index (χ0) is 46.8. The molecule has 0 saturated heterocycles. The predicted octanol–water partition coefficient (Wildman–Crippen LogP) is 4.57. The summed E-state index contributed by atoms with van der Waals surface area (Å²) in [5, 5.41) is 33.7. The summed E-state index contributed by atoms with van der Waals surface area (Å²) in [7, 11) is 1.39. The molecule has 9 N–H and O–H groups in total. The van der Waals surface area contributed by atoms with Crippen LogP contribution in [0.15, 0.2) is 104 Å². The molecule has 0 fully saturated rings. The van der Waals surface area contributed by atoms with E-state index >= 15 is 0 Å². The highest BCUT2D eigenvalue weighted by Gasteiger charge is 2.36. The quantitative estimate of drug-likeness (QED) is 0.0570. The Bertz CT molecular complexity index is 2560. The Morgan fingerprint density at radius 2 is 1.55 bits per heavy atom. The lowest BCUT2D eigenvalue weighted by atomic mass is 9.93. The first-order valence-corrected chi connectivity index (χ1v) is 21.4. The van der Waals surface area contributed by atoms with Crippen molar-refractivity contribution in [1.82, 2.24) is 36.1 Å². The fourth-order valence-corrected chi connectivity index (χ4v) is 7.52. The molecule has 0 radical (unpaired) electrons. The molecular formula is C48H51ClN8O8. The Morgan fingerprint density at radius 3 is 2.22 bits per heavy atom. The third kappa shape index (κ3) is 11.8. The SMILES string of the molecule is C[C@H](NC(=O)[C@@H]1Cc2ccc(O)c(c2)-c2cc(ccc2O)[C@H](N(C)C(=O)[C@H](CCCCN)NC(=O)c2ccc(-c3ccc(Cl)cc3)cc2)C(=O)N[C@@H](C)C(=O)N1)C(=O)/C=C/c1cnc[nH]1. The summed E-state index contributed by atoms with van der Waals surface area (Å²) >= 11 is 6.05. The molecule has 1 aliphatic rings. The Kier molecular flexibility index (Phi) is 15.5. The molecule has 5 aromatic rings. The minimum atomic E-state index is -1.45. The number of carbonyl (C=O) groups is 6. The molecule has 338 valence electrons.